The number of rotatable bonds is 7. The molecule has 0 spiro atoms. The van der Waals surface area contributed by atoms with E-state index < -0.39 is 17.9 Å². The van der Waals surface area contributed by atoms with Gasteiger partial charge in [-0.1, -0.05) is 35.9 Å². The number of nitrogens with two attached hydrogens (primary N) is 1. The second-order valence-corrected chi connectivity index (χ2v) is 5.90. The van der Waals surface area contributed by atoms with Crippen molar-refractivity contribution in [3.05, 3.63) is 65.5 Å². The van der Waals surface area contributed by atoms with Crippen LogP contribution in [0, 0.1) is 12.7 Å². The molecule has 2 rings (SSSR count). The lowest BCUT2D eigenvalue weighted by atomic mass is 10.0. The number of hydrazine groups is 1. The molecule has 0 aliphatic carbocycles. The number of nitrogens with one attached hydrogen (secondary N) is 2. The van der Waals surface area contributed by atoms with E-state index in [2.05, 4.69) is 10.7 Å². The smallest absolute Gasteiger partial charge is 0.312 e. The summed E-state index contributed by atoms with van der Waals surface area (Å²) in [5.41, 5.74) is 10.1. The molecule has 2 aromatic carbocycles. The highest BCUT2D eigenvalue weighted by Crippen LogP contribution is 2.20. The lowest BCUT2D eigenvalue weighted by molar-refractivity contribution is -0.121. The van der Waals surface area contributed by atoms with E-state index in [9.17, 15) is 14.0 Å². The predicted octanol–water partition coefficient (Wildman–Crippen LogP) is 2.79. The van der Waals surface area contributed by atoms with Crippen LogP contribution in [0.3, 0.4) is 0 Å². The molecule has 138 valence electrons. The van der Waals surface area contributed by atoms with Crippen LogP contribution in [-0.2, 0) is 4.79 Å². The number of carbonyl (C=O) groups is 2. The third-order valence-electron chi connectivity index (χ3n) is 3.91. The molecule has 0 fully saturated rings. The number of benzene rings is 2. The van der Waals surface area contributed by atoms with Crippen LogP contribution in [0.5, 0.6) is 0 Å². The van der Waals surface area contributed by atoms with Gasteiger partial charge in [-0.3, -0.25) is 15.2 Å². The average molecular weight is 358 g/mol. The molecule has 3 amide bonds. The fourth-order valence-electron chi connectivity index (χ4n) is 2.60. The van der Waals surface area contributed by atoms with Crippen molar-refractivity contribution >= 4 is 17.6 Å². The number of hydrogen-bond acceptors (Lipinski definition) is 3. The largest absolute Gasteiger partial charge is 0.352 e. The Morgan fingerprint density at radius 1 is 1.15 bits per heavy atom. The van der Waals surface area contributed by atoms with Crippen molar-refractivity contribution in [2.45, 2.75) is 26.3 Å². The van der Waals surface area contributed by atoms with Crippen LogP contribution < -0.4 is 21.5 Å². The summed E-state index contributed by atoms with van der Waals surface area (Å²) >= 11 is 0. The topological polar surface area (TPSA) is 87.5 Å². The maximum atomic E-state index is 14.0. The molecule has 0 saturated carbocycles. The maximum absolute atomic E-state index is 14.0. The van der Waals surface area contributed by atoms with Gasteiger partial charge in [0.2, 0.25) is 5.91 Å². The van der Waals surface area contributed by atoms with E-state index in [0.717, 1.165) is 11.3 Å². The maximum Gasteiger partial charge on any atom is 0.312 e. The first kappa shape index (κ1) is 19.2. The SMILES string of the molecule is CCN(NC(=O)C[C@H](NC(N)=O)c1ccccc1F)c1ccc(C)cc1. The Kier molecular flexibility index (Phi) is 6.54. The molecular formula is C19H23FN4O2. The molecule has 0 aliphatic rings. The number of urea groups is 1. The third kappa shape index (κ3) is 5.20. The van der Waals surface area contributed by atoms with E-state index >= 15 is 0 Å². The molecule has 6 nitrogen and oxygen atoms in total. The molecule has 4 N–H and O–H groups in total. The van der Waals surface area contributed by atoms with Crippen molar-refractivity contribution in [3.63, 3.8) is 0 Å². The van der Waals surface area contributed by atoms with Crippen LogP contribution in [0.4, 0.5) is 14.9 Å². The number of amides is 3. The first-order valence-electron chi connectivity index (χ1n) is 8.34. The highest BCUT2D eigenvalue weighted by atomic mass is 19.1. The predicted molar refractivity (Wildman–Crippen MR) is 98.8 cm³/mol. The summed E-state index contributed by atoms with van der Waals surface area (Å²) in [5.74, 6) is -0.876. The molecule has 0 saturated heterocycles. The van der Waals surface area contributed by atoms with E-state index in [0.29, 0.717) is 6.54 Å². The van der Waals surface area contributed by atoms with Crippen molar-refractivity contribution in [2.75, 3.05) is 11.6 Å². The van der Waals surface area contributed by atoms with Crippen LogP contribution in [-0.4, -0.2) is 18.5 Å². The quantitative estimate of drug-likeness (QED) is 0.665. The highest BCUT2D eigenvalue weighted by Gasteiger charge is 2.21. The minimum atomic E-state index is -0.856. The van der Waals surface area contributed by atoms with Crippen LogP contribution in [0.2, 0.25) is 0 Å². The number of carbonyl (C=O) groups excluding carboxylic acids is 2. The summed E-state index contributed by atoms with van der Waals surface area (Å²) in [5, 5.41) is 4.11. The van der Waals surface area contributed by atoms with Crippen LogP contribution >= 0.6 is 0 Å². The Bertz CT molecular complexity index is 764. The van der Waals surface area contributed by atoms with Crippen molar-refractivity contribution < 1.29 is 14.0 Å². The summed E-state index contributed by atoms with van der Waals surface area (Å²) in [4.78, 5) is 23.7. The summed E-state index contributed by atoms with van der Waals surface area (Å²) in [6.07, 6.45) is -0.147. The van der Waals surface area contributed by atoms with Crippen molar-refractivity contribution in [1.29, 1.82) is 0 Å². The van der Waals surface area contributed by atoms with Gasteiger partial charge in [0.15, 0.2) is 0 Å². The molecule has 0 unspecified atom stereocenters. The van der Waals surface area contributed by atoms with Crippen LogP contribution in [0.1, 0.15) is 30.5 Å². The number of aryl methyl sites for hydroxylation is 1. The van der Waals surface area contributed by atoms with E-state index in [1.165, 1.54) is 18.2 Å². The minimum Gasteiger partial charge on any atom is -0.352 e. The molecule has 2 aromatic rings. The van der Waals surface area contributed by atoms with E-state index in [-0.39, 0.29) is 17.9 Å². The van der Waals surface area contributed by atoms with Gasteiger partial charge >= 0.3 is 6.03 Å². The number of primary amides is 1. The Morgan fingerprint density at radius 2 is 1.81 bits per heavy atom. The lowest BCUT2D eigenvalue weighted by Crippen LogP contribution is -2.44. The zero-order valence-electron chi connectivity index (χ0n) is 14.8. The molecule has 0 radical (unpaired) electrons. The van der Waals surface area contributed by atoms with Gasteiger partial charge in [0.05, 0.1) is 18.2 Å². The zero-order valence-corrected chi connectivity index (χ0v) is 14.8. The number of anilines is 1. The fraction of sp³-hybridized carbons (Fsp3) is 0.263. The first-order chi connectivity index (χ1) is 12.4. The average Bonchev–Trinajstić information content (AvgIpc) is 2.60. The molecule has 26 heavy (non-hydrogen) atoms. The normalized spacial score (nSPS) is 11.5. The monoisotopic (exact) mass is 358 g/mol. The first-order valence-corrected chi connectivity index (χ1v) is 8.34. The fourth-order valence-corrected chi connectivity index (χ4v) is 2.60. The number of nitrogens with zero attached hydrogens (tertiary/aromatic N) is 1. The van der Waals surface area contributed by atoms with Gasteiger partial charge in [-0.05, 0) is 32.0 Å². The standard InChI is InChI=1S/C19H23FN4O2/c1-3-24(14-10-8-13(2)9-11-14)23-18(25)12-17(22-19(21)26)15-6-4-5-7-16(15)20/h4-11,17H,3,12H2,1-2H3,(H,23,25)(H3,21,22,26)/t17-/m0/s1. The summed E-state index contributed by atoms with van der Waals surface area (Å²) in [6, 6.07) is 12.0. The van der Waals surface area contributed by atoms with Crippen molar-refractivity contribution in [3.8, 4) is 0 Å². The summed E-state index contributed by atoms with van der Waals surface area (Å²) in [6.45, 7) is 4.42. The third-order valence-corrected chi connectivity index (χ3v) is 3.91. The van der Waals surface area contributed by atoms with Crippen LogP contribution in [0.15, 0.2) is 48.5 Å². The van der Waals surface area contributed by atoms with E-state index in [4.69, 9.17) is 5.73 Å². The minimum absolute atomic E-state index is 0.147. The zero-order chi connectivity index (χ0) is 19.1. The van der Waals surface area contributed by atoms with Crippen LogP contribution in [0.25, 0.3) is 0 Å². The van der Waals surface area contributed by atoms with E-state index in [1.807, 2.05) is 38.1 Å². The highest BCUT2D eigenvalue weighted by molar-refractivity contribution is 5.80. The Balaban J connectivity index is 2.12. The molecule has 0 aromatic heterocycles. The second-order valence-electron chi connectivity index (χ2n) is 5.90. The van der Waals surface area contributed by atoms with Gasteiger partial charge in [0, 0.05) is 12.1 Å². The van der Waals surface area contributed by atoms with Gasteiger partial charge in [-0.25, -0.2) is 9.18 Å². The van der Waals surface area contributed by atoms with Crippen molar-refractivity contribution in [1.82, 2.24) is 10.7 Å². The molecule has 0 heterocycles. The van der Waals surface area contributed by atoms with Crippen molar-refractivity contribution in [2.24, 2.45) is 5.73 Å². The van der Waals surface area contributed by atoms with Gasteiger partial charge < -0.3 is 11.1 Å². The summed E-state index contributed by atoms with van der Waals surface area (Å²) < 4.78 is 14.0. The Hall–Kier alpha value is -3.09. The second kappa shape index (κ2) is 8.84. The molecule has 1 atom stereocenters. The Labute approximate surface area is 152 Å². The lowest BCUT2D eigenvalue weighted by Gasteiger charge is -2.25. The Morgan fingerprint density at radius 3 is 2.38 bits per heavy atom. The summed E-state index contributed by atoms with van der Waals surface area (Å²) in [7, 11) is 0. The van der Waals surface area contributed by atoms with Gasteiger partial charge in [-0.15, -0.1) is 0 Å². The van der Waals surface area contributed by atoms with Gasteiger partial charge in [0.25, 0.3) is 0 Å². The van der Waals surface area contributed by atoms with E-state index in [1.54, 1.807) is 11.1 Å². The molecule has 0 bridgehead atoms. The number of halogens is 1. The van der Waals surface area contributed by atoms with Gasteiger partial charge in [0.1, 0.15) is 5.82 Å². The molecule has 0 aliphatic heterocycles. The van der Waals surface area contributed by atoms with Gasteiger partial charge in [-0.2, -0.15) is 0 Å². The molecule has 7 heteroatoms. The molecular weight excluding hydrogens is 335 g/mol. The number of hydrogen-bond donors (Lipinski definition) is 3.